The highest BCUT2D eigenvalue weighted by atomic mass is 16.3. The first-order valence-electron chi connectivity index (χ1n) is 12.9. The lowest BCUT2D eigenvalue weighted by atomic mass is 10.0. The summed E-state index contributed by atoms with van der Waals surface area (Å²) < 4.78 is 0. The van der Waals surface area contributed by atoms with Crippen molar-refractivity contribution in [2.75, 3.05) is 19.7 Å². The van der Waals surface area contributed by atoms with Crippen molar-refractivity contribution in [2.45, 2.75) is 90.8 Å². The summed E-state index contributed by atoms with van der Waals surface area (Å²) in [5.41, 5.74) is 5.49. The Hall–Kier alpha value is -1.88. The first-order chi connectivity index (χ1) is 16.0. The minimum Gasteiger partial charge on any atom is -0.395 e. The van der Waals surface area contributed by atoms with Gasteiger partial charge in [-0.25, -0.2) is 0 Å². The average molecular weight is 452 g/mol. The normalized spacial score (nSPS) is 19.2. The van der Waals surface area contributed by atoms with E-state index in [0.29, 0.717) is 18.1 Å². The maximum Gasteiger partial charge on any atom is 0.0586 e. The van der Waals surface area contributed by atoms with E-state index in [4.69, 9.17) is 0 Å². The molecule has 3 unspecified atom stereocenters. The molecule has 0 bridgehead atoms. The van der Waals surface area contributed by atoms with Crippen molar-refractivity contribution in [1.82, 2.24) is 15.2 Å². The Morgan fingerprint density at radius 2 is 2.03 bits per heavy atom. The number of allylic oxidation sites excluding steroid dienone is 4. The number of aliphatic hydroxyl groups is 1. The van der Waals surface area contributed by atoms with Crippen molar-refractivity contribution in [1.29, 1.82) is 0 Å². The Morgan fingerprint density at radius 1 is 1.21 bits per heavy atom. The molecule has 4 heteroatoms. The molecular weight excluding hydrogens is 406 g/mol. The molecule has 1 aliphatic rings. The van der Waals surface area contributed by atoms with Gasteiger partial charge in [-0.3, -0.25) is 4.90 Å². The molecule has 0 spiro atoms. The Morgan fingerprint density at radius 3 is 2.82 bits per heavy atom. The summed E-state index contributed by atoms with van der Waals surface area (Å²) in [6.45, 7) is 11.3. The van der Waals surface area contributed by atoms with Crippen molar-refractivity contribution in [3.05, 3.63) is 59.3 Å². The van der Waals surface area contributed by atoms with E-state index < -0.39 is 0 Å². The van der Waals surface area contributed by atoms with Crippen molar-refractivity contribution in [3.63, 3.8) is 0 Å². The van der Waals surface area contributed by atoms with E-state index >= 15 is 0 Å². The van der Waals surface area contributed by atoms with Gasteiger partial charge in [-0.15, -0.1) is 0 Å². The summed E-state index contributed by atoms with van der Waals surface area (Å²) in [6, 6.07) is 9.73. The van der Waals surface area contributed by atoms with Gasteiger partial charge in [-0.1, -0.05) is 41.5 Å². The highest BCUT2D eigenvalue weighted by Gasteiger charge is 2.27. The monoisotopic (exact) mass is 451 g/mol. The molecule has 0 saturated carbocycles. The van der Waals surface area contributed by atoms with Crippen LogP contribution in [0.1, 0.15) is 71.8 Å². The maximum atomic E-state index is 9.81. The molecule has 1 fully saturated rings. The SMILES string of the molecule is CC(C)=CCCC(C)=CCCC(C)NC(Cc1c[nH]c2ccccc12)CN1CCCC1CO. The van der Waals surface area contributed by atoms with Crippen LogP contribution < -0.4 is 5.32 Å². The molecule has 1 aromatic heterocycles. The number of fused-ring (bicyclic) bond motifs is 1. The topological polar surface area (TPSA) is 51.3 Å². The maximum absolute atomic E-state index is 9.81. The Bertz CT molecular complexity index is 908. The summed E-state index contributed by atoms with van der Waals surface area (Å²) in [4.78, 5) is 5.93. The van der Waals surface area contributed by atoms with Crippen molar-refractivity contribution < 1.29 is 5.11 Å². The molecule has 3 rings (SSSR count). The molecule has 4 nitrogen and oxygen atoms in total. The first kappa shape index (κ1) is 25.7. The number of para-hydroxylation sites is 1. The molecule has 1 aliphatic heterocycles. The van der Waals surface area contributed by atoms with Gasteiger partial charge in [-0.05, 0) is 90.8 Å². The number of aromatic amines is 1. The van der Waals surface area contributed by atoms with E-state index in [9.17, 15) is 5.11 Å². The average Bonchev–Trinajstić information content (AvgIpc) is 3.40. The van der Waals surface area contributed by atoms with Crippen LogP contribution in [0, 0.1) is 0 Å². The fraction of sp³-hybridized carbons (Fsp3) is 0.586. The smallest absolute Gasteiger partial charge is 0.0586 e. The lowest BCUT2D eigenvalue weighted by molar-refractivity contribution is 0.145. The first-order valence-corrected chi connectivity index (χ1v) is 12.9. The zero-order chi connectivity index (χ0) is 23.6. The third-order valence-corrected chi connectivity index (χ3v) is 7.01. The van der Waals surface area contributed by atoms with E-state index in [1.54, 1.807) is 0 Å². The van der Waals surface area contributed by atoms with Crippen LogP contribution in [-0.2, 0) is 6.42 Å². The molecule has 0 amide bonds. The number of nitrogens with zero attached hydrogens (tertiary/aromatic N) is 1. The van der Waals surface area contributed by atoms with Gasteiger partial charge >= 0.3 is 0 Å². The number of aromatic nitrogens is 1. The zero-order valence-electron chi connectivity index (χ0n) is 21.2. The summed E-state index contributed by atoms with van der Waals surface area (Å²) in [7, 11) is 0. The minimum absolute atomic E-state index is 0.270. The molecule has 2 heterocycles. The van der Waals surface area contributed by atoms with Crippen LogP contribution in [-0.4, -0.2) is 52.8 Å². The lowest BCUT2D eigenvalue weighted by Crippen LogP contribution is -2.47. The number of hydrogen-bond donors (Lipinski definition) is 3. The molecule has 3 atom stereocenters. The van der Waals surface area contributed by atoms with Crippen LogP contribution in [0.25, 0.3) is 10.9 Å². The van der Waals surface area contributed by atoms with Crippen molar-refractivity contribution in [3.8, 4) is 0 Å². The molecular formula is C29H45N3O. The highest BCUT2D eigenvalue weighted by molar-refractivity contribution is 5.83. The molecule has 0 aliphatic carbocycles. The second-order valence-electron chi connectivity index (χ2n) is 10.2. The Kier molecular flexibility index (Phi) is 10.2. The van der Waals surface area contributed by atoms with Crippen LogP contribution in [0.4, 0.5) is 0 Å². The van der Waals surface area contributed by atoms with E-state index in [0.717, 1.165) is 51.6 Å². The molecule has 182 valence electrons. The van der Waals surface area contributed by atoms with E-state index in [-0.39, 0.29) is 6.61 Å². The quantitative estimate of drug-likeness (QED) is 0.328. The number of H-pyrrole nitrogens is 1. The molecule has 2 aromatic rings. The largest absolute Gasteiger partial charge is 0.395 e. The summed E-state index contributed by atoms with van der Waals surface area (Å²) in [5, 5.41) is 15.1. The van der Waals surface area contributed by atoms with Crippen molar-refractivity contribution in [2.24, 2.45) is 0 Å². The van der Waals surface area contributed by atoms with E-state index in [1.807, 2.05) is 0 Å². The zero-order valence-corrected chi connectivity index (χ0v) is 21.2. The predicted octanol–water partition coefficient (Wildman–Crippen LogP) is 5.99. The van der Waals surface area contributed by atoms with Crippen LogP contribution in [0.2, 0.25) is 0 Å². The van der Waals surface area contributed by atoms with Crippen molar-refractivity contribution >= 4 is 10.9 Å². The van der Waals surface area contributed by atoms with Gasteiger partial charge in [0.25, 0.3) is 0 Å². The third kappa shape index (κ3) is 8.13. The number of likely N-dealkylation sites (tertiary alicyclic amines) is 1. The molecule has 1 aromatic carbocycles. The predicted molar refractivity (Wildman–Crippen MR) is 142 cm³/mol. The van der Waals surface area contributed by atoms with Crippen LogP contribution >= 0.6 is 0 Å². The summed E-state index contributed by atoms with van der Waals surface area (Å²) >= 11 is 0. The van der Waals surface area contributed by atoms with E-state index in [2.05, 4.69) is 85.5 Å². The van der Waals surface area contributed by atoms with Gasteiger partial charge < -0.3 is 15.4 Å². The van der Waals surface area contributed by atoms with E-state index in [1.165, 1.54) is 34.0 Å². The van der Waals surface area contributed by atoms with Crippen LogP contribution in [0.3, 0.4) is 0 Å². The van der Waals surface area contributed by atoms with Gasteiger partial charge in [0.15, 0.2) is 0 Å². The minimum atomic E-state index is 0.270. The second kappa shape index (κ2) is 13.1. The number of benzene rings is 1. The number of rotatable bonds is 13. The fourth-order valence-electron chi connectivity index (χ4n) is 5.12. The summed E-state index contributed by atoms with van der Waals surface area (Å²) in [6.07, 6.45) is 14.8. The standard InChI is InChI=1S/C29H45N3O/c1-22(2)10-7-11-23(3)12-8-13-24(4)31-26(20-32-17-9-14-27(32)21-33)18-25-19-30-29-16-6-5-15-28(25)29/h5-6,10,12,15-16,19,24,26-27,30-31,33H,7-9,11,13-14,17-18,20-21H2,1-4H3. The third-order valence-electron chi connectivity index (χ3n) is 7.01. The van der Waals surface area contributed by atoms with Gasteiger partial charge in [0.2, 0.25) is 0 Å². The number of hydrogen-bond acceptors (Lipinski definition) is 3. The number of nitrogens with one attached hydrogen (secondary N) is 2. The molecule has 0 radical (unpaired) electrons. The number of aliphatic hydroxyl groups excluding tert-OH is 1. The highest BCUT2D eigenvalue weighted by Crippen LogP contribution is 2.22. The fourth-order valence-corrected chi connectivity index (χ4v) is 5.12. The summed E-state index contributed by atoms with van der Waals surface area (Å²) in [5.74, 6) is 0. The molecule has 3 N–H and O–H groups in total. The molecule has 1 saturated heterocycles. The van der Waals surface area contributed by atoms with Gasteiger partial charge in [0.05, 0.1) is 6.61 Å². The van der Waals surface area contributed by atoms with Gasteiger partial charge in [0.1, 0.15) is 0 Å². The molecule has 33 heavy (non-hydrogen) atoms. The Balaban J connectivity index is 1.59. The van der Waals surface area contributed by atoms with Crippen LogP contribution in [0.5, 0.6) is 0 Å². The Labute approximate surface area is 201 Å². The van der Waals surface area contributed by atoms with Gasteiger partial charge in [-0.2, -0.15) is 0 Å². The lowest BCUT2D eigenvalue weighted by Gasteiger charge is -2.30. The second-order valence-corrected chi connectivity index (χ2v) is 10.2. The van der Waals surface area contributed by atoms with Crippen LogP contribution in [0.15, 0.2) is 53.8 Å². The van der Waals surface area contributed by atoms with Gasteiger partial charge in [0, 0.05) is 41.8 Å².